The number of aromatic carboxylic acids is 1. The molecule has 2 saturated heterocycles. The number of methoxy groups -OCH3 is 1. The third-order valence-corrected chi connectivity index (χ3v) is 17.0. The van der Waals surface area contributed by atoms with Crippen LogP contribution >= 0.6 is 0 Å². The minimum absolute atomic E-state index is 0.0227. The number of allylic oxidation sites excluding steroid dienone is 2. The topological polar surface area (TPSA) is 296 Å². The number of rotatable bonds is 8. The number of carbonyl (C=O) groups excluding carboxylic acids is 3. The molecule has 1 amide bonds. The monoisotopic (exact) mass is 1200 g/mol. The molecule has 86 heavy (non-hydrogen) atoms. The van der Waals surface area contributed by atoms with Crippen LogP contribution in [0.1, 0.15) is 86.7 Å². The number of ketones is 1. The average molecular weight is 1200 g/mol. The molecule has 2 fully saturated rings. The van der Waals surface area contributed by atoms with Crippen molar-refractivity contribution in [3.63, 3.8) is 0 Å². The molecule has 0 saturated carbocycles. The van der Waals surface area contributed by atoms with Crippen LogP contribution in [0, 0.1) is 48.0 Å². The second-order valence-electron chi connectivity index (χ2n) is 22.5. The van der Waals surface area contributed by atoms with Crippen molar-refractivity contribution in [2.24, 2.45) is 28.8 Å². The van der Waals surface area contributed by atoms with E-state index in [1.165, 1.54) is 59.2 Å². The van der Waals surface area contributed by atoms with E-state index in [0.717, 1.165) is 35.2 Å². The molecule has 10 rings (SSSR count). The summed E-state index contributed by atoms with van der Waals surface area (Å²) >= 11 is 0. The summed E-state index contributed by atoms with van der Waals surface area (Å²) in [5, 5.41) is 77.2. The van der Waals surface area contributed by atoms with E-state index in [2.05, 4.69) is 20.3 Å². The zero-order valence-electron chi connectivity index (χ0n) is 48.7. The molecule has 3 aromatic carbocycles. The third kappa shape index (κ3) is 11.5. The summed E-state index contributed by atoms with van der Waals surface area (Å²) < 4.78 is 69.9. The number of esters is 1. The van der Waals surface area contributed by atoms with Crippen LogP contribution in [-0.4, -0.2) is 163 Å². The zero-order chi connectivity index (χ0) is 62.5. The van der Waals surface area contributed by atoms with Gasteiger partial charge in [-0.05, 0) is 44.5 Å². The lowest BCUT2D eigenvalue weighted by Gasteiger charge is -2.38. The molecule has 7 heterocycles. The third-order valence-electron chi connectivity index (χ3n) is 17.0. The smallest absolute Gasteiger partial charge is 0.341 e. The second-order valence-corrected chi connectivity index (χ2v) is 22.5. The van der Waals surface area contributed by atoms with Gasteiger partial charge in [-0.1, -0.05) is 45.9 Å². The quantitative estimate of drug-likeness (QED) is 0.0364. The van der Waals surface area contributed by atoms with Crippen molar-refractivity contribution in [2.45, 2.75) is 98.1 Å². The van der Waals surface area contributed by atoms with E-state index >= 15 is 8.78 Å². The molecule has 0 aliphatic carbocycles. The molecule has 5 aliphatic heterocycles. The number of halogens is 3. The number of carboxylic acids is 1. The average Bonchev–Trinajstić information content (AvgIpc) is 1.44. The number of benzene rings is 3. The maximum atomic E-state index is 16.0. The first-order valence-corrected chi connectivity index (χ1v) is 28.0. The van der Waals surface area contributed by atoms with Gasteiger partial charge in [0.25, 0.3) is 11.7 Å². The molecule has 5 bridgehead atoms. The summed E-state index contributed by atoms with van der Waals surface area (Å²) in [6, 6.07) is 3.27. The molecule has 22 nitrogen and oxygen atoms in total. The summed E-state index contributed by atoms with van der Waals surface area (Å²) in [6.45, 7) is 14.2. The van der Waals surface area contributed by atoms with E-state index < -0.39 is 134 Å². The van der Waals surface area contributed by atoms with Gasteiger partial charge in [0, 0.05) is 119 Å². The van der Waals surface area contributed by atoms with Gasteiger partial charge in [-0.2, -0.15) is 5.10 Å². The maximum absolute atomic E-state index is 16.0. The van der Waals surface area contributed by atoms with Crippen LogP contribution in [0.4, 0.5) is 24.7 Å². The molecule has 5 aromatic rings. The predicted octanol–water partition coefficient (Wildman–Crippen LogP) is 6.80. The molecule has 458 valence electrons. The number of nitrogens with zero attached hydrogens (tertiary/aromatic N) is 6. The van der Waals surface area contributed by atoms with Gasteiger partial charge in [-0.3, -0.25) is 33.7 Å². The summed E-state index contributed by atoms with van der Waals surface area (Å²) in [5.41, 5.74) is -3.26. The number of carbonyl (C=O) groups is 4. The molecule has 10 atom stereocenters. The first kappa shape index (κ1) is 62.0. The molecule has 5 aliphatic rings. The Morgan fingerprint density at radius 3 is 2.27 bits per heavy atom. The maximum Gasteiger partial charge on any atom is 0.341 e. The SMILES string of the molecule is CO[C@H]1/C=C/O[C@@]2(C)Oc3c(C)c(O)c4c(O)c(c(/C=N/N5CCN(C6CCN(c7nc8c(cc7F)c(=O)c(C(=O)O)cn8-c7ccc(F)cc7F)C6)CC5)c(O)c4c3C2=O)NC(=O)/C(C)=C\C=C\[C@@H](C)[C@H](O)[C@@H](C)[C@@H](O)[C@@H](C)[C@H](OC(C)=O)[C@@H]1C. The van der Waals surface area contributed by atoms with Crippen LogP contribution in [0.25, 0.3) is 27.5 Å². The lowest BCUT2D eigenvalue weighted by molar-refractivity contribution is -0.160. The van der Waals surface area contributed by atoms with E-state index in [0.29, 0.717) is 32.1 Å². The Morgan fingerprint density at radius 2 is 1.60 bits per heavy atom. The normalized spacial score (nSPS) is 27.5. The molecular formula is C61H68F3N7O15. The minimum atomic E-state index is -2.15. The van der Waals surface area contributed by atoms with Gasteiger partial charge < -0.3 is 59.8 Å². The van der Waals surface area contributed by atoms with Gasteiger partial charge in [0.05, 0.1) is 64.1 Å². The lowest BCUT2D eigenvalue weighted by Crippen LogP contribution is -2.49. The number of hydrazone groups is 1. The van der Waals surface area contributed by atoms with Crippen molar-refractivity contribution in [3.8, 4) is 28.7 Å². The van der Waals surface area contributed by atoms with Crippen molar-refractivity contribution in [3.05, 3.63) is 117 Å². The number of amides is 1. The zero-order valence-corrected chi connectivity index (χ0v) is 48.7. The summed E-state index contributed by atoms with van der Waals surface area (Å²) in [4.78, 5) is 74.9. The number of piperazine rings is 1. The first-order valence-electron chi connectivity index (χ1n) is 28.0. The Kier molecular flexibility index (Phi) is 17.6. The van der Waals surface area contributed by atoms with Crippen LogP contribution in [0.15, 0.2) is 76.5 Å². The van der Waals surface area contributed by atoms with E-state index in [9.17, 15) is 59.0 Å². The fraction of sp³-hybridized carbons (Fsp3) is 0.426. The summed E-state index contributed by atoms with van der Waals surface area (Å²) in [5.74, 6) is -14.1. The Morgan fingerprint density at radius 1 is 0.895 bits per heavy atom. The summed E-state index contributed by atoms with van der Waals surface area (Å²) in [7, 11) is 1.40. The van der Waals surface area contributed by atoms with E-state index in [-0.39, 0.29) is 81.9 Å². The summed E-state index contributed by atoms with van der Waals surface area (Å²) in [6.07, 6.45) is 5.66. The van der Waals surface area contributed by atoms with E-state index in [4.69, 9.17) is 18.9 Å². The number of phenolic OH excluding ortho intramolecular Hbond substituents is 3. The Bertz CT molecular complexity index is 3750. The fourth-order valence-corrected chi connectivity index (χ4v) is 11.9. The number of hydrogen-bond acceptors (Lipinski definition) is 19. The van der Waals surface area contributed by atoms with Gasteiger partial charge >= 0.3 is 17.7 Å². The van der Waals surface area contributed by atoms with Crippen LogP contribution in [0.2, 0.25) is 0 Å². The number of pyridine rings is 2. The van der Waals surface area contributed by atoms with Crippen LogP contribution < -0.4 is 20.4 Å². The number of aliphatic hydroxyl groups is 2. The highest BCUT2D eigenvalue weighted by Gasteiger charge is 2.50. The van der Waals surface area contributed by atoms with Gasteiger partial charge in [-0.25, -0.2) is 22.9 Å². The number of aromatic nitrogens is 2. The highest BCUT2D eigenvalue weighted by atomic mass is 19.1. The van der Waals surface area contributed by atoms with E-state index in [1.54, 1.807) is 43.7 Å². The number of anilines is 2. The Hall–Kier alpha value is -8.52. The number of aromatic hydroxyl groups is 3. The molecule has 1 unspecified atom stereocenters. The van der Waals surface area contributed by atoms with Gasteiger partial charge in [-0.15, -0.1) is 0 Å². The molecule has 7 N–H and O–H groups in total. The molecular weight excluding hydrogens is 1130 g/mol. The minimum Gasteiger partial charge on any atom is -0.507 e. The van der Waals surface area contributed by atoms with Gasteiger partial charge in [0.1, 0.15) is 40.6 Å². The number of phenols is 3. The van der Waals surface area contributed by atoms with E-state index in [1.807, 2.05) is 0 Å². The Labute approximate surface area is 491 Å². The van der Waals surface area contributed by atoms with Crippen molar-refractivity contribution in [2.75, 3.05) is 56.6 Å². The van der Waals surface area contributed by atoms with Crippen molar-refractivity contribution in [1.29, 1.82) is 0 Å². The molecule has 0 radical (unpaired) electrons. The van der Waals surface area contributed by atoms with Gasteiger partial charge in [0.2, 0.25) is 5.43 Å². The Balaban J connectivity index is 1.02. The number of nitrogens with one attached hydrogen (secondary N) is 1. The van der Waals surface area contributed by atoms with Gasteiger partial charge in [0.15, 0.2) is 23.0 Å². The number of ether oxygens (including phenoxy) is 4. The largest absolute Gasteiger partial charge is 0.507 e. The van der Waals surface area contributed by atoms with Crippen LogP contribution in [-0.2, 0) is 23.8 Å². The molecule has 25 heteroatoms. The highest BCUT2D eigenvalue weighted by Crippen LogP contribution is 2.55. The number of hydrogen-bond donors (Lipinski definition) is 7. The van der Waals surface area contributed by atoms with Crippen molar-refractivity contribution in [1.82, 2.24) is 19.5 Å². The molecule has 0 spiro atoms. The van der Waals surface area contributed by atoms with Crippen LogP contribution in [0.5, 0.6) is 23.0 Å². The number of aliphatic hydroxyl groups excluding tert-OH is 2. The fourth-order valence-electron chi connectivity index (χ4n) is 11.9. The first-order chi connectivity index (χ1) is 40.7. The highest BCUT2D eigenvalue weighted by molar-refractivity contribution is 6.24. The lowest BCUT2D eigenvalue weighted by atomic mass is 9.78. The second kappa shape index (κ2) is 24.5. The predicted molar refractivity (Wildman–Crippen MR) is 309 cm³/mol. The number of carboxylic acid groups (broad SMARTS) is 1. The van der Waals surface area contributed by atoms with Crippen molar-refractivity contribution < 1.29 is 81.9 Å². The number of fused-ring (bicyclic) bond motifs is 15. The molecule has 2 aromatic heterocycles. The standard InChI is InChI=1S/C61H68F3N7O15/c1-28-11-10-12-29(2)59(80)66-47-38(25-65-70-20-18-68(19-21-70)36-15-17-69(26-36)58-41(64)24-37-51(76)39(60(81)82)27-71(57(37)67-58)42-14-13-35(62)23-40(42)63)52(77)44-45(53(47)78)50(75)33(6)55-46(44)56(79)61(8,86-55)84-22-16-43(83-9)30(3)54(85-34(7)72)32(5)49(74)31(4)48(28)73/h10-14,16,22-25,27-28,30-32,36,43,48-49,54,73-75,77-78H,15,17-21,26H2,1-9H3,(H,66,80)(H,81,82)/b11-10+,22-16+,29-12-,65-25+/t28-,30-,31-,32-,36?,43+,48+,49-,54-,61+/m1/s1. The van der Waals surface area contributed by atoms with Crippen LogP contribution in [0.3, 0.4) is 0 Å². The van der Waals surface area contributed by atoms with Crippen molar-refractivity contribution >= 4 is 63.2 Å². The number of Topliss-reactive ketones (excluding diaryl/α,β-unsaturated/α-hetero) is 1.